The number of nitro benzene ring substituents is 2. The van der Waals surface area contributed by atoms with Crippen LogP contribution in [-0.2, 0) is 20.8 Å². The largest absolute Gasteiger partial charge is 0.326 e. The molecule has 0 bridgehead atoms. The van der Waals surface area contributed by atoms with Gasteiger partial charge in [0.15, 0.2) is 0 Å². The number of nitro groups is 2. The van der Waals surface area contributed by atoms with Crippen molar-refractivity contribution in [1.82, 2.24) is 0 Å². The van der Waals surface area contributed by atoms with Gasteiger partial charge < -0.3 is 10.6 Å². The molecule has 0 aromatic heterocycles. The first-order valence-electron chi connectivity index (χ1n) is 13.5. The highest BCUT2D eigenvalue weighted by Gasteiger charge is 2.22. The number of anilines is 2. The number of nitrogens with zero attached hydrogens (tertiary/aromatic N) is 2. The van der Waals surface area contributed by atoms with Crippen molar-refractivity contribution in [3.8, 4) is 0 Å². The fraction of sp³-hybridized carbons (Fsp3) is 0.0294. The summed E-state index contributed by atoms with van der Waals surface area (Å²) in [6, 6.07) is 27.4. The normalized spacial score (nSPS) is 13.6. The van der Waals surface area contributed by atoms with Crippen molar-refractivity contribution >= 4 is 58.6 Å². The predicted molar refractivity (Wildman–Crippen MR) is 172 cm³/mol. The van der Waals surface area contributed by atoms with Crippen LogP contribution in [0.15, 0.2) is 115 Å². The lowest BCUT2D eigenvalue weighted by atomic mass is 10.1. The smallest absolute Gasteiger partial charge is 0.269 e. The van der Waals surface area contributed by atoms with Crippen molar-refractivity contribution in [1.29, 1.82) is 0 Å². The molecule has 0 spiro atoms. The number of rotatable bonds is 6. The van der Waals surface area contributed by atoms with Crippen molar-refractivity contribution in [2.24, 2.45) is 0 Å². The Hall–Kier alpha value is -6.49. The van der Waals surface area contributed by atoms with Gasteiger partial charge in [-0.25, -0.2) is 0 Å². The molecule has 0 saturated heterocycles. The number of carbonyl (C=O) groups excluding carboxylic acids is 3. The van der Waals surface area contributed by atoms with Crippen LogP contribution >= 0.6 is 0 Å². The van der Waals surface area contributed by atoms with Crippen LogP contribution in [0.1, 0.15) is 22.3 Å². The maximum absolute atomic E-state index is 11.9. The molecule has 6 rings (SSSR count). The number of hydrogen-bond donors (Lipinski definition) is 2. The number of benzene rings is 4. The van der Waals surface area contributed by atoms with Gasteiger partial charge in [-0.1, -0.05) is 54.6 Å². The summed E-state index contributed by atoms with van der Waals surface area (Å²) in [5.74, 6) is -0.0317. The van der Waals surface area contributed by atoms with E-state index in [-0.39, 0.29) is 23.2 Å². The first kappa shape index (κ1) is 31.4. The maximum atomic E-state index is 11.9. The molecule has 11 heteroatoms. The van der Waals surface area contributed by atoms with E-state index in [9.17, 15) is 34.6 Å². The van der Waals surface area contributed by atoms with Crippen molar-refractivity contribution in [3.63, 3.8) is 0 Å². The number of non-ortho nitro benzene ring substituents is 2. The molecule has 0 fully saturated rings. The third-order valence-electron chi connectivity index (χ3n) is 6.48. The Bertz CT molecular complexity index is 1800. The lowest BCUT2D eigenvalue weighted by molar-refractivity contribution is -0.385. The molecule has 2 N–H and O–H groups in total. The maximum Gasteiger partial charge on any atom is 0.269 e. The fourth-order valence-corrected chi connectivity index (χ4v) is 4.29. The molecule has 0 unspecified atom stereocenters. The molecular weight excluding hydrogens is 576 g/mol. The Morgan fingerprint density at radius 2 is 1.18 bits per heavy atom. The van der Waals surface area contributed by atoms with Crippen LogP contribution in [0.25, 0.3) is 17.7 Å². The van der Waals surface area contributed by atoms with E-state index < -0.39 is 9.85 Å². The number of fused-ring (bicyclic) bond motifs is 2. The van der Waals surface area contributed by atoms with Gasteiger partial charge in [0.25, 0.3) is 17.3 Å². The molecule has 4 aromatic rings. The topological polar surface area (TPSA) is 162 Å². The molecule has 2 amide bonds. The van der Waals surface area contributed by atoms with Gasteiger partial charge in [0.2, 0.25) is 5.91 Å². The molecule has 2 aliphatic rings. The van der Waals surface area contributed by atoms with E-state index in [1.54, 1.807) is 48.6 Å². The van der Waals surface area contributed by atoms with E-state index in [1.165, 1.54) is 30.3 Å². The average Bonchev–Trinajstić information content (AvgIpc) is 3.59. The number of carbonyl (C=O) groups is 3. The van der Waals surface area contributed by atoms with Gasteiger partial charge in [-0.2, -0.15) is 0 Å². The Kier molecular flexibility index (Phi) is 10.6. The Labute approximate surface area is 257 Å². The summed E-state index contributed by atoms with van der Waals surface area (Å²) in [5.41, 5.74) is 6.05. The van der Waals surface area contributed by atoms with E-state index >= 15 is 0 Å². The first-order chi connectivity index (χ1) is 21.7. The van der Waals surface area contributed by atoms with Crippen LogP contribution in [-0.4, -0.2) is 27.9 Å². The van der Waals surface area contributed by atoms with Crippen LogP contribution in [0.4, 0.5) is 22.7 Å². The first-order valence-corrected chi connectivity index (χ1v) is 13.5. The molecule has 45 heavy (non-hydrogen) atoms. The van der Waals surface area contributed by atoms with Gasteiger partial charge >= 0.3 is 0 Å². The van der Waals surface area contributed by atoms with Gasteiger partial charge in [-0.3, -0.25) is 34.6 Å². The molecule has 11 nitrogen and oxygen atoms in total. The third-order valence-corrected chi connectivity index (χ3v) is 6.48. The summed E-state index contributed by atoms with van der Waals surface area (Å²) in [5, 5.41) is 26.4. The number of para-hydroxylation sites is 2. The van der Waals surface area contributed by atoms with Gasteiger partial charge in [0, 0.05) is 46.8 Å². The zero-order chi connectivity index (χ0) is 32.2. The molecule has 0 saturated carbocycles. The number of aldehydes is 1. The van der Waals surface area contributed by atoms with Crippen molar-refractivity contribution < 1.29 is 24.2 Å². The second-order valence-corrected chi connectivity index (χ2v) is 9.51. The Balaban J connectivity index is 0.000000169. The monoisotopic (exact) mass is 602 g/mol. The van der Waals surface area contributed by atoms with Crippen LogP contribution in [0.2, 0.25) is 0 Å². The number of amides is 2. The third kappa shape index (κ3) is 8.75. The zero-order valence-corrected chi connectivity index (χ0v) is 23.7. The predicted octanol–water partition coefficient (Wildman–Crippen LogP) is 6.63. The van der Waals surface area contributed by atoms with E-state index in [2.05, 4.69) is 10.6 Å². The summed E-state index contributed by atoms with van der Waals surface area (Å²) in [6.45, 7) is 0. The minimum absolute atomic E-state index is 0.0447. The van der Waals surface area contributed by atoms with Crippen LogP contribution in [0.3, 0.4) is 0 Å². The molecule has 0 aliphatic carbocycles. The molecular formula is C34H26N4O7. The summed E-state index contributed by atoms with van der Waals surface area (Å²) in [7, 11) is 0. The standard InChI is InChI=1S/C17H12N2O3.C9H7NO3.C8H7NO/c20-17-15(14-5-1-2-7-16(14)18-17)6-3-4-12-8-10-13(11-9-12)19(21)22;11-7-1-2-8-3-5-9(6-4-8)10(12)13;10-8-5-6-3-1-2-4-7(6)9-8/h1-11H,(H,18,20);1-7H;1-4H,5H2,(H,9,10). The summed E-state index contributed by atoms with van der Waals surface area (Å²) < 4.78 is 0. The Morgan fingerprint density at radius 1 is 0.644 bits per heavy atom. The lowest BCUT2D eigenvalue weighted by Crippen LogP contribution is -2.03. The molecule has 224 valence electrons. The fourth-order valence-electron chi connectivity index (χ4n) is 4.29. The summed E-state index contributed by atoms with van der Waals surface area (Å²) in [4.78, 5) is 52.6. The quantitative estimate of drug-likeness (QED) is 0.108. The molecule has 2 heterocycles. The molecule has 2 aliphatic heterocycles. The number of nitrogens with one attached hydrogen (secondary N) is 2. The van der Waals surface area contributed by atoms with Crippen molar-refractivity contribution in [3.05, 3.63) is 158 Å². The highest BCUT2D eigenvalue weighted by molar-refractivity contribution is 6.31. The second-order valence-electron chi connectivity index (χ2n) is 9.51. The van der Waals surface area contributed by atoms with Crippen molar-refractivity contribution in [2.75, 3.05) is 10.6 Å². The summed E-state index contributed by atoms with van der Waals surface area (Å²) >= 11 is 0. The van der Waals surface area contributed by atoms with Crippen LogP contribution in [0, 0.1) is 20.2 Å². The molecule has 4 aromatic carbocycles. The van der Waals surface area contributed by atoms with E-state index in [0.29, 0.717) is 18.3 Å². The second kappa shape index (κ2) is 15.1. The van der Waals surface area contributed by atoms with Crippen LogP contribution in [0.5, 0.6) is 0 Å². The number of allylic oxidation sites excluding steroid dienone is 3. The Morgan fingerprint density at radius 3 is 1.73 bits per heavy atom. The lowest BCUT2D eigenvalue weighted by Gasteiger charge is -1.95. The van der Waals surface area contributed by atoms with Crippen molar-refractivity contribution in [2.45, 2.75) is 6.42 Å². The minimum atomic E-state index is -0.465. The zero-order valence-electron chi connectivity index (χ0n) is 23.7. The minimum Gasteiger partial charge on any atom is -0.326 e. The van der Waals surface area contributed by atoms with E-state index in [4.69, 9.17) is 0 Å². The van der Waals surface area contributed by atoms with Gasteiger partial charge in [0.1, 0.15) is 6.29 Å². The highest BCUT2D eigenvalue weighted by Crippen LogP contribution is 2.31. The number of hydrogen-bond acceptors (Lipinski definition) is 7. The van der Waals surface area contributed by atoms with Crippen LogP contribution < -0.4 is 10.6 Å². The van der Waals surface area contributed by atoms with Gasteiger partial charge in [-0.05, 0) is 65.2 Å². The highest BCUT2D eigenvalue weighted by atomic mass is 16.6. The SMILES string of the molecule is O=C1Cc2ccccc2N1.O=C1Nc2ccccc2C1=CC=Cc1ccc([N+](=O)[O-])cc1.O=CC=Cc1ccc([N+](=O)[O-])cc1. The van der Waals surface area contributed by atoms with Gasteiger partial charge in [0.05, 0.1) is 16.3 Å². The molecule has 0 radical (unpaired) electrons. The van der Waals surface area contributed by atoms with E-state index in [0.717, 1.165) is 33.6 Å². The average molecular weight is 603 g/mol. The van der Waals surface area contributed by atoms with E-state index in [1.807, 2.05) is 48.5 Å². The molecule has 0 atom stereocenters. The summed E-state index contributed by atoms with van der Waals surface area (Å²) in [6.07, 6.45) is 9.40. The van der Waals surface area contributed by atoms with Gasteiger partial charge in [-0.15, -0.1) is 0 Å².